The average Bonchev–Trinajstić information content (AvgIpc) is 2.72. The van der Waals surface area contributed by atoms with Gasteiger partial charge in [-0.3, -0.25) is 0 Å². The van der Waals surface area contributed by atoms with Crippen molar-refractivity contribution in [3.05, 3.63) is 23.8 Å². The maximum absolute atomic E-state index is 12.8. The highest BCUT2D eigenvalue weighted by molar-refractivity contribution is 7.89. The number of ether oxygens (including phenoxy) is 1. The number of hydrogen-bond acceptors (Lipinski definition) is 4. The largest absolute Gasteiger partial charge is 0.385 e. The van der Waals surface area contributed by atoms with Crippen molar-refractivity contribution in [2.24, 2.45) is 0 Å². The van der Waals surface area contributed by atoms with E-state index < -0.39 is 10.0 Å². The normalized spacial score (nSPS) is 24.0. The Hall–Kier alpha value is -1.11. The molecule has 0 spiro atoms. The second kappa shape index (κ2) is 5.94. The van der Waals surface area contributed by atoms with E-state index >= 15 is 0 Å². The Labute approximate surface area is 126 Å². The van der Waals surface area contributed by atoms with E-state index in [0.717, 1.165) is 37.1 Å². The van der Waals surface area contributed by atoms with Crippen LogP contribution in [0.25, 0.3) is 0 Å². The molecule has 3 rings (SSSR count). The zero-order chi connectivity index (χ0) is 14.9. The molecule has 1 fully saturated rings. The van der Waals surface area contributed by atoms with E-state index in [1.165, 1.54) is 0 Å². The Morgan fingerprint density at radius 2 is 2.19 bits per heavy atom. The van der Waals surface area contributed by atoms with Gasteiger partial charge < -0.3 is 10.1 Å². The summed E-state index contributed by atoms with van der Waals surface area (Å²) in [5.74, 6) is 0. The first-order valence-electron chi connectivity index (χ1n) is 7.56. The van der Waals surface area contributed by atoms with Gasteiger partial charge in [0.2, 0.25) is 10.0 Å². The molecule has 1 aromatic carbocycles. The van der Waals surface area contributed by atoms with Crippen molar-refractivity contribution in [3.8, 4) is 0 Å². The Balaban J connectivity index is 1.90. The monoisotopic (exact) mass is 310 g/mol. The molecule has 6 heteroatoms. The summed E-state index contributed by atoms with van der Waals surface area (Å²) < 4.78 is 32.7. The molecular weight excluding hydrogens is 288 g/mol. The minimum absolute atomic E-state index is 0.0541. The number of anilines is 1. The number of nitrogens with zero attached hydrogens (tertiary/aromatic N) is 1. The molecule has 2 aliphatic rings. The Kier molecular flexibility index (Phi) is 4.19. The minimum Gasteiger partial charge on any atom is -0.385 e. The summed E-state index contributed by atoms with van der Waals surface area (Å²) in [6.45, 7) is 4.46. The van der Waals surface area contributed by atoms with Gasteiger partial charge in [-0.2, -0.15) is 4.31 Å². The van der Waals surface area contributed by atoms with E-state index in [-0.39, 0.29) is 6.10 Å². The van der Waals surface area contributed by atoms with Crippen molar-refractivity contribution in [1.29, 1.82) is 0 Å². The highest BCUT2D eigenvalue weighted by atomic mass is 32.2. The van der Waals surface area contributed by atoms with Crippen molar-refractivity contribution in [2.75, 3.05) is 31.6 Å². The van der Waals surface area contributed by atoms with Gasteiger partial charge in [0.1, 0.15) is 0 Å². The number of fused-ring (bicyclic) bond motifs is 1. The van der Waals surface area contributed by atoms with Gasteiger partial charge in [-0.05, 0) is 49.9 Å². The van der Waals surface area contributed by atoms with Crippen molar-refractivity contribution in [2.45, 2.75) is 37.2 Å². The van der Waals surface area contributed by atoms with Crippen LogP contribution in [0.3, 0.4) is 0 Å². The third-order valence-electron chi connectivity index (χ3n) is 4.07. The van der Waals surface area contributed by atoms with Crippen LogP contribution < -0.4 is 5.32 Å². The summed E-state index contributed by atoms with van der Waals surface area (Å²) >= 11 is 0. The number of hydrogen-bond donors (Lipinski definition) is 1. The maximum Gasteiger partial charge on any atom is 0.243 e. The van der Waals surface area contributed by atoms with Crippen LogP contribution in [0.4, 0.5) is 5.69 Å². The van der Waals surface area contributed by atoms with Gasteiger partial charge in [-0.1, -0.05) is 0 Å². The second-order valence-electron chi connectivity index (χ2n) is 5.75. The fraction of sp³-hybridized carbons (Fsp3) is 0.600. The van der Waals surface area contributed by atoms with E-state index in [0.29, 0.717) is 24.6 Å². The summed E-state index contributed by atoms with van der Waals surface area (Å²) in [6.07, 6.45) is 2.67. The molecule has 0 aliphatic carbocycles. The zero-order valence-electron chi connectivity index (χ0n) is 12.3. The van der Waals surface area contributed by atoms with Crippen LogP contribution in [-0.4, -0.2) is 45.1 Å². The van der Waals surface area contributed by atoms with E-state index in [9.17, 15) is 8.42 Å². The summed E-state index contributed by atoms with van der Waals surface area (Å²) in [5, 5.41) is 3.31. The fourth-order valence-corrected chi connectivity index (χ4v) is 4.54. The van der Waals surface area contributed by atoms with Crippen LogP contribution in [0.2, 0.25) is 0 Å². The summed E-state index contributed by atoms with van der Waals surface area (Å²) in [7, 11) is -3.43. The molecule has 2 aliphatic heterocycles. The lowest BCUT2D eigenvalue weighted by molar-refractivity contribution is 0.0752. The molecule has 21 heavy (non-hydrogen) atoms. The first-order chi connectivity index (χ1) is 10.1. The molecule has 116 valence electrons. The van der Waals surface area contributed by atoms with E-state index in [2.05, 4.69) is 5.32 Å². The summed E-state index contributed by atoms with van der Waals surface area (Å²) in [5.41, 5.74) is 2.16. The van der Waals surface area contributed by atoms with Crippen molar-refractivity contribution >= 4 is 15.7 Å². The molecular formula is C15H22N2O3S. The molecule has 1 aromatic rings. The number of benzene rings is 1. The van der Waals surface area contributed by atoms with Crippen molar-refractivity contribution in [1.82, 2.24) is 4.31 Å². The van der Waals surface area contributed by atoms with Crippen LogP contribution in [0, 0.1) is 0 Å². The van der Waals surface area contributed by atoms with Crippen molar-refractivity contribution in [3.63, 3.8) is 0 Å². The van der Waals surface area contributed by atoms with Crippen LogP contribution in [-0.2, 0) is 21.2 Å². The number of nitrogens with one attached hydrogen (secondary N) is 1. The molecule has 1 N–H and O–H groups in total. The van der Waals surface area contributed by atoms with Crippen LogP contribution in [0.5, 0.6) is 0 Å². The smallest absolute Gasteiger partial charge is 0.243 e. The van der Waals surface area contributed by atoms with Crippen LogP contribution in [0.1, 0.15) is 25.3 Å². The van der Waals surface area contributed by atoms with Crippen molar-refractivity contribution < 1.29 is 13.2 Å². The Bertz CT molecular complexity index is 615. The van der Waals surface area contributed by atoms with Crippen LogP contribution in [0.15, 0.2) is 23.1 Å². The topological polar surface area (TPSA) is 58.6 Å². The third kappa shape index (κ3) is 3.07. The first-order valence-corrected chi connectivity index (χ1v) is 9.00. The molecule has 1 unspecified atom stereocenters. The lowest BCUT2D eigenvalue weighted by Gasteiger charge is -2.23. The highest BCUT2D eigenvalue weighted by Gasteiger charge is 2.28. The van der Waals surface area contributed by atoms with Gasteiger partial charge >= 0.3 is 0 Å². The molecule has 0 radical (unpaired) electrons. The predicted octanol–water partition coefficient (Wildman–Crippen LogP) is 1.84. The molecule has 0 amide bonds. The zero-order valence-corrected chi connectivity index (χ0v) is 13.2. The van der Waals surface area contributed by atoms with E-state index in [1.807, 2.05) is 19.1 Å². The number of aryl methyl sites for hydroxylation is 1. The Morgan fingerprint density at radius 1 is 1.33 bits per heavy atom. The molecule has 0 bridgehead atoms. The third-order valence-corrected chi connectivity index (χ3v) is 5.93. The lowest BCUT2D eigenvalue weighted by atomic mass is 10.0. The van der Waals surface area contributed by atoms with Gasteiger partial charge in [-0.25, -0.2) is 8.42 Å². The SMILES string of the molecule is CC1CN(S(=O)(=O)c2ccc3c(c2)CCCN3)CCCO1. The van der Waals surface area contributed by atoms with Gasteiger partial charge in [0, 0.05) is 31.9 Å². The number of rotatable bonds is 2. The standard InChI is InChI=1S/C15H22N2O3S/c1-12-11-17(8-3-9-20-12)21(18,19)14-5-6-15-13(10-14)4-2-7-16-15/h5-6,10,12,16H,2-4,7-9,11H2,1H3. The Morgan fingerprint density at radius 3 is 3.05 bits per heavy atom. The summed E-state index contributed by atoms with van der Waals surface area (Å²) in [6, 6.07) is 5.43. The van der Waals surface area contributed by atoms with Crippen LogP contribution >= 0.6 is 0 Å². The van der Waals surface area contributed by atoms with Gasteiger partial charge in [0.15, 0.2) is 0 Å². The fourth-order valence-electron chi connectivity index (χ4n) is 2.94. The minimum atomic E-state index is -3.43. The quantitative estimate of drug-likeness (QED) is 0.905. The van der Waals surface area contributed by atoms with Gasteiger partial charge in [-0.15, -0.1) is 0 Å². The van der Waals surface area contributed by atoms with Gasteiger partial charge in [0.25, 0.3) is 0 Å². The molecule has 2 heterocycles. The highest BCUT2D eigenvalue weighted by Crippen LogP contribution is 2.27. The second-order valence-corrected chi connectivity index (χ2v) is 7.69. The maximum atomic E-state index is 12.8. The summed E-state index contributed by atoms with van der Waals surface area (Å²) in [4.78, 5) is 0.402. The molecule has 0 saturated carbocycles. The van der Waals surface area contributed by atoms with E-state index in [1.54, 1.807) is 10.4 Å². The van der Waals surface area contributed by atoms with Gasteiger partial charge in [0.05, 0.1) is 11.0 Å². The molecule has 1 saturated heterocycles. The lowest BCUT2D eigenvalue weighted by Crippen LogP contribution is -2.36. The molecule has 0 aromatic heterocycles. The molecule has 5 nitrogen and oxygen atoms in total. The predicted molar refractivity (Wildman–Crippen MR) is 82.0 cm³/mol. The first kappa shape index (κ1) is 14.8. The molecule has 1 atom stereocenters. The number of sulfonamides is 1. The average molecular weight is 310 g/mol. The van der Waals surface area contributed by atoms with E-state index in [4.69, 9.17) is 4.74 Å².